The van der Waals surface area contributed by atoms with Crippen LogP contribution in [0.1, 0.15) is 44.1 Å². The number of benzene rings is 1. The second-order valence-corrected chi connectivity index (χ2v) is 7.42. The molecule has 1 aromatic carbocycles. The minimum atomic E-state index is 0.513. The maximum atomic E-state index is 5.67. The second kappa shape index (κ2) is 4.77. The summed E-state index contributed by atoms with van der Waals surface area (Å²) in [7, 11) is 0. The van der Waals surface area contributed by atoms with Crippen molar-refractivity contribution in [1.82, 2.24) is 0 Å². The summed E-state index contributed by atoms with van der Waals surface area (Å²) in [5.41, 5.74) is 5.92. The third kappa shape index (κ3) is 2.05. The van der Waals surface area contributed by atoms with Crippen molar-refractivity contribution >= 4 is 0 Å². The molecule has 4 aliphatic rings. The van der Waals surface area contributed by atoms with Crippen LogP contribution >= 0.6 is 0 Å². The smallest absolute Gasteiger partial charge is 0.137 e. The van der Waals surface area contributed by atoms with Gasteiger partial charge >= 0.3 is 0 Å². The maximum absolute atomic E-state index is 5.67. The normalized spacial score (nSPS) is 38.1. The summed E-state index contributed by atoms with van der Waals surface area (Å²) in [6.45, 7) is 1.55. The summed E-state index contributed by atoms with van der Waals surface area (Å²) in [5, 5.41) is 0. The first-order valence-corrected chi connectivity index (χ1v) is 8.30. The molecular weight excluding hydrogens is 246 g/mol. The van der Waals surface area contributed by atoms with Gasteiger partial charge in [-0.25, -0.2) is 0 Å². The number of ether oxygens (including phenoxy) is 1. The Bertz CT molecular complexity index is 443. The lowest BCUT2D eigenvalue weighted by Crippen LogP contribution is -2.52. The van der Waals surface area contributed by atoms with Gasteiger partial charge in [0.2, 0.25) is 0 Å². The van der Waals surface area contributed by atoms with E-state index in [1.54, 1.807) is 5.56 Å². The molecule has 0 aliphatic heterocycles. The van der Waals surface area contributed by atoms with Gasteiger partial charge in [0.25, 0.3) is 0 Å². The molecule has 0 saturated heterocycles. The number of quaternary nitrogens is 1. The zero-order chi connectivity index (χ0) is 13.6. The van der Waals surface area contributed by atoms with Gasteiger partial charge in [0.15, 0.2) is 0 Å². The van der Waals surface area contributed by atoms with E-state index in [1.807, 2.05) is 0 Å². The highest BCUT2D eigenvalue weighted by atomic mass is 16.5. The van der Waals surface area contributed by atoms with E-state index < -0.39 is 0 Å². The Kier molecular flexibility index (Phi) is 3.03. The summed E-state index contributed by atoms with van der Waals surface area (Å²) >= 11 is 0. The van der Waals surface area contributed by atoms with Gasteiger partial charge in [0, 0.05) is 0 Å². The fourth-order valence-corrected chi connectivity index (χ4v) is 5.56. The van der Waals surface area contributed by atoms with Gasteiger partial charge < -0.3 is 10.5 Å². The molecule has 108 valence electrons. The Morgan fingerprint density at radius 2 is 1.50 bits per heavy atom. The molecule has 4 fully saturated rings. The lowest BCUT2D eigenvalue weighted by molar-refractivity contribution is -0.370. The fraction of sp³-hybridized carbons (Fsp3) is 0.667. The van der Waals surface area contributed by atoms with Crippen molar-refractivity contribution in [3.8, 4) is 5.75 Å². The topological polar surface area (TPSA) is 36.9 Å². The first kappa shape index (κ1) is 12.7. The van der Waals surface area contributed by atoms with Crippen LogP contribution in [-0.4, -0.2) is 13.2 Å². The Hall–Kier alpha value is -1.02. The number of hydrogen-bond donors (Lipinski definition) is 1. The van der Waals surface area contributed by atoms with E-state index in [4.69, 9.17) is 4.74 Å². The van der Waals surface area contributed by atoms with Gasteiger partial charge in [-0.2, -0.15) is 0 Å². The first-order chi connectivity index (χ1) is 9.77. The average Bonchev–Trinajstić information content (AvgIpc) is 2.44. The molecule has 0 aromatic heterocycles. The molecule has 0 radical (unpaired) electrons. The highest BCUT2D eigenvalue weighted by Gasteiger charge is 2.51. The fourth-order valence-electron chi connectivity index (χ4n) is 5.56. The van der Waals surface area contributed by atoms with Crippen LogP contribution < -0.4 is 10.5 Å². The zero-order valence-electron chi connectivity index (χ0n) is 12.3. The van der Waals surface area contributed by atoms with Gasteiger partial charge in [-0.05, 0) is 79.4 Å². The first-order valence-electron chi connectivity index (χ1n) is 8.30. The van der Waals surface area contributed by atoms with Gasteiger partial charge in [-0.3, -0.25) is 0 Å². The molecule has 4 aliphatic carbocycles. The van der Waals surface area contributed by atoms with Gasteiger partial charge in [-0.1, -0.05) is 12.1 Å². The predicted octanol–water partition coefficient (Wildman–Crippen LogP) is 2.78. The van der Waals surface area contributed by atoms with Gasteiger partial charge in [0.1, 0.15) is 18.9 Å². The Morgan fingerprint density at radius 3 is 2.00 bits per heavy atom. The standard InChI is InChI=1S/C18H25NO/c19-5-6-20-17-3-1-16(2-4-17)18-10-13-7-14(11-18)9-15(8-13)12-18/h1-4,13-15H,5-12,19H2/p+1. The van der Waals surface area contributed by atoms with E-state index in [-0.39, 0.29) is 0 Å². The van der Waals surface area contributed by atoms with Crippen LogP contribution in [0.15, 0.2) is 24.3 Å². The largest absolute Gasteiger partial charge is 0.488 e. The molecule has 20 heavy (non-hydrogen) atoms. The zero-order valence-corrected chi connectivity index (χ0v) is 12.3. The van der Waals surface area contributed by atoms with Crippen molar-refractivity contribution in [2.24, 2.45) is 17.8 Å². The van der Waals surface area contributed by atoms with Crippen LogP contribution in [-0.2, 0) is 5.41 Å². The number of rotatable bonds is 4. The monoisotopic (exact) mass is 272 g/mol. The molecule has 0 unspecified atom stereocenters. The molecule has 2 nitrogen and oxygen atoms in total. The highest BCUT2D eigenvalue weighted by Crippen LogP contribution is 2.60. The van der Waals surface area contributed by atoms with E-state index in [2.05, 4.69) is 30.0 Å². The van der Waals surface area contributed by atoms with E-state index >= 15 is 0 Å². The summed E-state index contributed by atoms with van der Waals surface area (Å²) in [5.74, 6) is 4.05. The summed E-state index contributed by atoms with van der Waals surface area (Å²) in [6, 6.07) is 9.02. The molecule has 4 bridgehead atoms. The minimum Gasteiger partial charge on any atom is -0.488 e. The summed E-state index contributed by atoms with van der Waals surface area (Å²) in [6.07, 6.45) is 8.88. The molecular formula is C18H26NO+. The summed E-state index contributed by atoms with van der Waals surface area (Å²) in [4.78, 5) is 0. The quantitative estimate of drug-likeness (QED) is 0.899. The lowest BCUT2D eigenvalue weighted by atomic mass is 9.48. The van der Waals surface area contributed by atoms with E-state index in [1.165, 1.54) is 38.5 Å². The molecule has 2 heteroatoms. The Balaban J connectivity index is 1.57. The van der Waals surface area contributed by atoms with Gasteiger partial charge in [0.05, 0.1) is 0 Å². The molecule has 0 spiro atoms. The molecule has 4 saturated carbocycles. The maximum Gasteiger partial charge on any atom is 0.137 e. The molecule has 3 N–H and O–H groups in total. The Labute approximate surface area is 121 Å². The van der Waals surface area contributed by atoms with Crippen LogP contribution in [0.3, 0.4) is 0 Å². The van der Waals surface area contributed by atoms with E-state index in [0.717, 1.165) is 36.7 Å². The van der Waals surface area contributed by atoms with E-state index in [9.17, 15) is 0 Å². The minimum absolute atomic E-state index is 0.513. The van der Waals surface area contributed by atoms with Crippen LogP contribution in [0.2, 0.25) is 0 Å². The van der Waals surface area contributed by atoms with Crippen molar-refractivity contribution in [3.05, 3.63) is 29.8 Å². The lowest BCUT2D eigenvalue weighted by Gasteiger charge is -2.57. The SMILES string of the molecule is [NH3+]CCOc1ccc(C23CC4CC(CC(C4)C2)C3)cc1. The van der Waals surface area contributed by atoms with Crippen LogP contribution in [0, 0.1) is 17.8 Å². The Morgan fingerprint density at radius 1 is 0.950 bits per heavy atom. The van der Waals surface area contributed by atoms with Gasteiger partial charge in [-0.15, -0.1) is 0 Å². The molecule has 5 rings (SSSR count). The van der Waals surface area contributed by atoms with Crippen molar-refractivity contribution in [1.29, 1.82) is 0 Å². The number of hydrogen-bond acceptors (Lipinski definition) is 1. The third-order valence-corrected chi connectivity index (χ3v) is 5.92. The third-order valence-electron chi connectivity index (χ3n) is 5.92. The van der Waals surface area contributed by atoms with E-state index in [0.29, 0.717) is 5.41 Å². The molecule has 1 aromatic rings. The second-order valence-electron chi connectivity index (χ2n) is 7.42. The molecule has 0 heterocycles. The van der Waals surface area contributed by atoms with Crippen molar-refractivity contribution in [2.75, 3.05) is 13.2 Å². The summed E-state index contributed by atoms with van der Waals surface area (Å²) < 4.78 is 5.67. The molecule has 0 amide bonds. The molecule has 0 atom stereocenters. The van der Waals surface area contributed by atoms with Crippen molar-refractivity contribution in [2.45, 2.75) is 43.9 Å². The van der Waals surface area contributed by atoms with Crippen molar-refractivity contribution < 1.29 is 10.5 Å². The van der Waals surface area contributed by atoms with Crippen LogP contribution in [0.25, 0.3) is 0 Å². The van der Waals surface area contributed by atoms with Crippen molar-refractivity contribution in [3.63, 3.8) is 0 Å². The highest BCUT2D eigenvalue weighted by molar-refractivity contribution is 5.34. The van der Waals surface area contributed by atoms with Crippen LogP contribution in [0.5, 0.6) is 5.75 Å². The average molecular weight is 272 g/mol. The van der Waals surface area contributed by atoms with Crippen LogP contribution in [0.4, 0.5) is 0 Å². The predicted molar refractivity (Wildman–Crippen MR) is 79.5 cm³/mol.